The van der Waals surface area contributed by atoms with Crippen molar-refractivity contribution >= 4 is 5.91 Å². The van der Waals surface area contributed by atoms with E-state index in [1.165, 1.54) is 25.0 Å². The third kappa shape index (κ3) is 5.27. The first-order valence-electron chi connectivity index (χ1n) is 8.91. The van der Waals surface area contributed by atoms with Gasteiger partial charge in [0.25, 0.3) is 5.91 Å². The Labute approximate surface area is 150 Å². The molecule has 0 atom stereocenters. The maximum atomic E-state index is 12.3. The average Bonchev–Trinajstić information content (AvgIpc) is 3.14. The Kier molecular flexibility index (Phi) is 5.90. The predicted molar refractivity (Wildman–Crippen MR) is 89.0 cm³/mol. The molecule has 2 aliphatic rings. The summed E-state index contributed by atoms with van der Waals surface area (Å²) in [5, 5.41) is 0. The highest BCUT2D eigenvalue weighted by atomic mass is 19.4. The molecule has 26 heavy (non-hydrogen) atoms. The summed E-state index contributed by atoms with van der Waals surface area (Å²) < 4.78 is 45.6. The number of halogens is 3. The third-order valence-corrected chi connectivity index (χ3v) is 4.89. The van der Waals surface area contributed by atoms with Gasteiger partial charge in [0.05, 0.1) is 0 Å². The van der Waals surface area contributed by atoms with Crippen LogP contribution in [0.4, 0.5) is 13.2 Å². The van der Waals surface area contributed by atoms with E-state index in [1.54, 1.807) is 4.90 Å². The van der Waals surface area contributed by atoms with Gasteiger partial charge in [0.1, 0.15) is 11.5 Å². The Morgan fingerprint density at radius 3 is 2.15 bits per heavy atom. The fourth-order valence-corrected chi connectivity index (χ4v) is 3.56. The van der Waals surface area contributed by atoms with Crippen molar-refractivity contribution in [2.24, 2.45) is 0 Å². The lowest BCUT2D eigenvalue weighted by Gasteiger charge is -2.36. The van der Waals surface area contributed by atoms with Crippen molar-refractivity contribution in [2.45, 2.75) is 38.1 Å². The molecule has 3 rings (SSSR count). The number of hydrogen-bond donors (Lipinski definition) is 0. The van der Waals surface area contributed by atoms with Gasteiger partial charge in [0, 0.05) is 19.1 Å². The van der Waals surface area contributed by atoms with E-state index in [0.717, 1.165) is 51.2 Å². The topological polar surface area (TPSA) is 42.0 Å². The monoisotopic (exact) mass is 372 g/mol. The molecule has 8 heteroatoms. The molecule has 2 fully saturated rings. The van der Waals surface area contributed by atoms with Crippen molar-refractivity contribution < 1.29 is 27.4 Å². The van der Waals surface area contributed by atoms with Gasteiger partial charge in [-0.3, -0.25) is 4.79 Å². The van der Waals surface area contributed by atoms with Crippen molar-refractivity contribution in [1.82, 2.24) is 9.80 Å². The minimum absolute atomic E-state index is 0.0968. The Bertz CT molecular complexity index is 593. The molecule has 2 aliphatic heterocycles. The number of piperidine rings is 1. The summed E-state index contributed by atoms with van der Waals surface area (Å²) in [7, 11) is 0. The lowest BCUT2D eigenvalue weighted by atomic mass is 10.0. The number of nitrogens with zero attached hydrogens (tertiary/aromatic N) is 2. The van der Waals surface area contributed by atoms with E-state index in [9.17, 15) is 18.0 Å². The van der Waals surface area contributed by atoms with Crippen molar-refractivity contribution in [2.75, 3.05) is 32.8 Å². The van der Waals surface area contributed by atoms with Crippen LogP contribution in [0.1, 0.15) is 25.7 Å². The van der Waals surface area contributed by atoms with Crippen LogP contribution < -0.4 is 9.47 Å². The van der Waals surface area contributed by atoms with Gasteiger partial charge >= 0.3 is 6.36 Å². The summed E-state index contributed by atoms with van der Waals surface area (Å²) in [4.78, 5) is 16.6. The van der Waals surface area contributed by atoms with Gasteiger partial charge in [-0.25, -0.2) is 0 Å². The van der Waals surface area contributed by atoms with Crippen LogP contribution in [0.3, 0.4) is 0 Å². The maximum Gasteiger partial charge on any atom is 0.573 e. The Balaban J connectivity index is 1.41. The number of benzene rings is 1. The van der Waals surface area contributed by atoms with Gasteiger partial charge in [-0.2, -0.15) is 0 Å². The molecule has 0 aliphatic carbocycles. The van der Waals surface area contributed by atoms with Crippen LogP contribution in [0.25, 0.3) is 0 Å². The standard InChI is InChI=1S/C18H23F3N2O3/c19-18(20,21)26-16-5-3-15(4-6-16)25-13-17(24)23-11-7-14(8-12-23)22-9-1-2-10-22/h3-6,14H,1-2,7-13H2. The van der Waals surface area contributed by atoms with Crippen LogP contribution in [0, 0.1) is 0 Å². The lowest BCUT2D eigenvalue weighted by Crippen LogP contribution is -2.47. The van der Waals surface area contributed by atoms with Crippen molar-refractivity contribution in [3.05, 3.63) is 24.3 Å². The number of carbonyl (C=O) groups is 1. The largest absolute Gasteiger partial charge is 0.573 e. The summed E-state index contributed by atoms with van der Waals surface area (Å²) in [6.45, 7) is 3.66. The van der Waals surface area contributed by atoms with Gasteiger partial charge in [-0.1, -0.05) is 0 Å². The molecule has 0 bridgehead atoms. The molecular weight excluding hydrogens is 349 g/mol. The SMILES string of the molecule is O=C(COc1ccc(OC(F)(F)F)cc1)N1CCC(N2CCCC2)CC1. The van der Waals surface area contributed by atoms with Gasteiger partial charge in [0.2, 0.25) is 0 Å². The van der Waals surface area contributed by atoms with E-state index in [1.807, 2.05) is 0 Å². The molecule has 1 amide bonds. The smallest absolute Gasteiger partial charge is 0.484 e. The summed E-state index contributed by atoms with van der Waals surface area (Å²) >= 11 is 0. The minimum atomic E-state index is -4.72. The molecule has 0 spiro atoms. The molecule has 144 valence electrons. The van der Waals surface area contributed by atoms with Crippen LogP contribution in [-0.4, -0.2) is 60.9 Å². The zero-order valence-electron chi connectivity index (χ0n) is 14.5. The predicted octanol–water partition coefficient (Wildman–Crippen LogP) is 3.05. The first-order chi connectivity index (χ1) is 12.4. The van der Waals surface area contributed by atoms with E-state index < -0.39 is 6.36 Å². The summed E-state index contributed by atoms with van der Waals surface area (Å²) in [6, 6.07) is 5.61. The second-order valence-corrected chi connectivity index (χ2v) is 6.66. The Morgan fingerprint density at radius 1 is 1.00 bits per heavy atom. The minimum Gasteiger partial charge on any atom is -0.484 e. The number of likely N-dealkylation sites (tertiary alicyclic amines) is 2. The molecule has 0 aromatic heterocycles. The van der Waals surface area contributed by atoms with Crippen LogP contribution >= 0.6 is 0 Å². The maximum absolute atomic E-state index is 12.3. The number of carbonyl (C=O) groups excluding carboxylic acids is 1. The molecule has 2 heterocycles. The number of alkyl halides is 3. The summed E-state index contributed by atoms with van der Waals surface area (Å²) in [6.07, 6.45) is -0.233. The number of ether oxygens (including phenoxy) is 2. The molecule has 0 unspecified atom stereocenters. The van der Waals surface area contributed by atoms with E-state index in [-0.39, 0.29) is 18.3 Å². The average molecular weight is 372 g/mol. The molecule has 1 aromatic rings. The van der Waals surface area contributed by atoms with E-state index in [0.29, 0.717) is 11.8 Å². The molecule has 1 aromatic carbocycles. The van der Waals surface area contributed by atoms with Crippen molar-refractivity contribution in [3.8, 4) is 11.5 Å². The first kappa shape index (κ1) is 18.8. The van der Waals surface area contributed by atoms with Gasteiger partial charge in [-0.15, -0.1) is 13.2 Å². The third-order valence-electron chi connectivity index (χ3n) is 4.89. The number of hydrogen-bond acceptors (Lipinski definition) is 4. The van der Waals surface area contributed by atoms with E-state index in [4.69, 9.17) is 4.74 Å². The summed E-state index contributed by atoms with van der Waals surface area (Å²) in [5.74, 6) is -0.0829. The van der Waals surface area contributed by atoms with Crippen molar-refractivity contribution in [1.29, 1.82) is 0 Å². The molecule has 0 radical (unpaired) electrons. The fourth-order valence-electron chi connectivity index (χ4n) is 3.56. The van der Waals surface area contributed by atoms with Crippen LogP contribution in [0.5, 0.6) is 11.5 Å². The Morgan fingerprint density at radius 2 is 1.58 bits per heavy atom. The first-order valence-corrected chi connectivity index (χ1v) is 8.91. The Hall–Kier alpha value is -1.96. The highest BCUT2D eigenvalue weighted by Crippen LogP contribution is 2.25. The van der Waals surface area contributed by atoms with Crippen LogP contribution in [0.2, 0.25) is 0 Å². The highest BCUT2D eigenvalue weighted by molar-refractivity contribution is 5.77. The van der Waals surface area contributed by atoms with Crippen LogP contribution in [0.15, 0.2) is 24.3 Å². The van der Waals surface area contributed by atoms with E-state index >= 15 is 0 Å². The molecule has 0 N–H and O–H groups in total. The normalized spacial score (nSPS) is 19.6. The lowest BCUT2D eigenvalue weighted by molar-refractivity contribution is -0.274. The molecular formula is C18H23F3N2O3. The van der Waals surface area contributed by atoms with Gasteiger partial charge < -0.3 is 19.3 Å². The molecule has 5 nitrogen and oxygen atoms in total. The molecule has 0 saturated carbocycles. The fraction of sp³-hybridized carbons (Fsp3) is 0.611. The van der Waals surface area contributed by atoms with Crippen LogP contribution in [-0.2, 0) is 4.79 Å². The zero-order chi connectivity index (χ0) is 18.6. The second kappa shape index (κ2) is 8.16. The number of amides is 1. The second-order valence-electron chi connectivity index (χ2n) is 6.66. The number of rotatable bonds is 5. The molecule has 2 saturated heterocycles. The van der Waals surface area contributed by atoms with Gasteiger partial charge in [-0.05, 0) is 63.0 Å². The quantitative estimate of drug-likeness (QED) is 0.797. The highest BCUT2D eigenvalue weighted by Gasteiger charge is 2.31. The zero-order valence-corrected chi connectivity index (χ0v) is 14.5. The van der Waals surface area contributed by atoms with Crippen molar-refractivity contribution in [3.63, 3.8) is 0 Å². The summed E-state index contributed by atoms with van der Waals surface area (Å²) in [5.41, 5.74) is 0. The van der Waals surface area contributed by atoms with E-state index in [2.05, 4.69) is 9.64 Å². The van der Waals surface area contributed by atoms with Gasteiger partial charge in [0.15, 0.2) is 6.61 Å².